The standard InChI is InChI=1S/C7H5BrN2O/c8-6-2-1-5(11-6)7-9-3-4-10-7/h1-4H,(H,9,10). The van der Waals surface area contributed by atoms with Crippen LogP contribution in [0.1, 0.15) is 0 Å². The largest absolute Gasteiger partial charge is 0.446 e. The van der Waals surface area contributed by atoms with Crippen molar-refractivity contribution in [1.29, 1.82) is 0 Å². The van der Waals surface area contributed by atoms with Gasteiger partial charge in [-0.05, 0) is 28.1 Å². The summed E-state index contributed by atoms with van der Waals surface area (Å²) in [5, 5.41) is 0. The number of hydrogen-bond acceptors (Lipinski definition) is 2. The molecule has 0 aliphatic heterocycles. The fourth-order valence-electron chi connectivity index (χ4n) is 0.842. The number of furan rings is 1. The van der Waals surface area contributed by atoms with E-state index in [0.717, 1.165) is 11.6 Å². The molecular formula is C7H5BrN2O. The molecule has 0 aliphatic rings. The Balaban J connectivity index is 2.45. The molecular weight excluding hydrogens is 208 g/mol. The van der Waals surface area contributed by atoms with E-state index in [1.165, 1.54) is 0 Å². The average molecular weight is 213 g/mol. The van der Waals surface area contributed by atoms with E-state index in [1.54, 1.807) is 12.4 Å². The third kappa shape index (κ3) is 1.21. The van der Waals surface area contributed by atoms with Crippen molar-refractivity contribution in [3.8, 4) is 11.6 Å². The van der Waals surface area contributed by atoms with Crippen molar-refractivity contribution in [2.75, 3.05) is 0 Å². The quantitative estimate of drug-likeness (QED) is 0.790. The molecule has 3 nitrogen and oxygen atoms in total. The van der Waals surface area contributed by atoms with Crippen molar-refractivity contribution in [2.45, 2.75) is 0 Å². The Morgan fingerprint density at radius 1 is 1.45 bits per heavy atom. The molecule has 1 N–H and O–H groups in total. The third-order valence-corrected chi connectivity index (χ3v) is 1.73. The summed E-state index contributed by atoms with van der Waals surface area (Å²) in [5.41, 5.74) is 0. The van der Waals surface area contributed by atoms with Crippen LogP contribution in [0.5, 0.6) is 0 Å². The van der Waals surface area contributed by atoms with Crippen LogP contribution in [0, 0.1) is 0 Å². The van der Waals surface area contributed by atoms with Gasteiger partial charge in [0.1, 0.15) is 0 Å². The molecule has 11 heavy (non-hydrogen) atoms. The zero-order valence-corrected chi connectivity index (χ0v) is 7.13. The number of aromatic amines is 1. The molecule has 0 unspecified atom stereocenters. The van der Waals surface area contributed by atoms with Crippen LogP contribution in [0.15, 0.2) is 33.6 Å². The van der Waals surface area contributed by atoms with Crippen LogP contribution in [-0.4, -0.2) is 9.97 Å². The first-order valence-electron chi connectivity index (χ1n) is 3.11. The Morgan fingerprint density at radius 3 is 2.91 bits per heavy atom. The van der Waals surface area contributed by atoms with Crippen LogP contribution < -0.4 is 0 Å². The van der Waals surface area contributed by atoms with E-state index in [-0.39, 0.29) is 0 Å². The van der Waals surface area contributed by atoms with Gasteiger partial charge in [0, 0.05) is 12.4 Å². The van der Waals surface area contributed by atoms with E-state index in [4.69, 9.17) is 4.42 Å². The molecule has 0 atom stereocenters. The summed E-state index contributed by atoms with van der Waals surface area (Å²) < 4.78 is 5.96. The van der Waals surface area contributed by atoms with E-state index in [2.05, 4.69) is 25.9 Å². The fraction of sp³-hybridized carbons (Fsp3) is 0. The monoisotopic (exact) mass is 212 g/mol. The zero-order chi connectivity index (χ0) is 7.68. The average Bonchev–Trinajstić information content (AvgIpc) is 2.55. The first-order valence-corrected chi connectivity index (χ1v) is 3.90. The first kappa shape index (κ1) is 6.67. The van der Waals surface area contributed by atoms with Gasteiger partial charge in [0.05, 0.1) is 0 Å². The maximum Gasteiger partial charge on any atom is 0.173 e. The second-order valence-electron chi connectivity index (χ2n) is 2.04. The van der Waals surface area contributed by atoms with Crippen LogP contribution >= 0.6 is 15.9 Å². The number of rotatable bonds is 1. The minimum atomic E-state index is 0.712. The molecule has 4 heteroatoms. The molecule has 2 aromatic rings. The van der Waals surface area contributed by atoms with Crippen molar-refractivity contribution in [2.24, 2.45) is 0 Å². The highest BCUT2D eigenvalue weighted by molar-refractivity contribution is 9.10. The van der Waals surface area contributed by atoms with Gasteiger partial charge in [-0.3, -0.25) is 0 Å². The van der Waals surface area contributed by atoms with Gasteiger partial charge < -0.3 is 9.40 Å². The Bertz CT molecular complexity index is 339. The van der Waals surface area contributed by atoms with Gasteiger partial charge in [-0.15, -0.1) is 0 Å². The van der Waals surface area contributed by atoms with Crippen LogP contribution in [0.4, 0.5) is 0 Å². The summed E-state index contributed by atoms with van der Waals surface area (Å²) in [6, 6.07) is 3.68. The Labute approximate surface area is 71.6 Å². The molecule has 0 aromatic carbocycles. The molecule has 0 bridgehead atoms. The van der Waals surface area contributed by atoms with E-state index in [1.807, 2.05) is 12.1 Å². The number of hydrogen-bond donors (Lipinski definition) is 1. The number of halogens is 1. The zero-order valence-electron chi connectivity index (χ0n) is 5.54. The van der Waals surface area contributed by atoms with Crippen LogP contribution in [0.25, 0.3) is 11.6 Å². The van der Waals surface area contributed by atoms with Crippen LogP contribution in [0.2, 0.25) is 0 Å². The molecule has 0 saturated carbocycles. The topological polar surface area (TPSA) is 41.8 Å². The number of nitrogens with zero attached hydrogens (tertiary/aromatic N) is 1. The van der Waals surface area contributed by atoms with Gasteiger partial charge in [-0.2, -0.15) is 0 Å². The van der Waals surface area contributed by atoms with Crippen molar-refractivity contribution >= 4 is 15.9 Å². The summed E-state index contributed by atoms with van der Waals surface area (Å²) in [4.78, 5) is 6.97. The molecule has 2 heterocycles. The number of aromatic nitrogens is 2. The normalized spacial score (nSPS) is 10.3. The minimum Gasteiger partial charge on any atom is -0.446 e. The highest BCUT2D eigenvalue weighted by Gasteiger charge is 2.03. The minimum absolute atomic E-state index is 0.712. The summed E-state index contributed by atoms with van der Waals surface area (Å²) in [6.45, 7) is 0. The maximum atomic E-state index is 5.25. The Hall–Kier alpha value is -1.03. The molecule has 0 saturated heterocycles. The van der Waals surface area contributed by atoms with Crippen molar-refractivity contribution in [1.82, 2.24) is 9.97 Å². The number of nitrogens with one attached hydrogen (secondary N) is 1. The third-order valence-electron chi connectivity index (χ3n) is 1.30. The van der Waals surface area contributed by atoms with Crippen molar-refractivity contribution < 1.29 is 4.42 Å². The van der Waals surface area contributed by atoms with E-state index >= 15 is 0 Å². The lowest BCUT2D eigenvalue weighted by atomic mass is 10.4. The fourth-order valence-corrected chi connectivity index (χ4v) is 1.15. The highest BCUT2D eigenvalue weighted by atomic mass is 79.9. The summed E-state index contributed by atoms with van der Waals surface area (Å²) >= 11 is 3.21. The van der Waals surface area contributed by atoms with E-state index < -0.39 is 0 Å². The van der Waals surface area contributed by atoms with E-state index in [0.29, 0.717) is 4.67 Å². The van der Waals surface area contributed by atoms with Crippen LogP contribution in [0.3, 0.4) is 0 Å². The lowest BCUT2D eigenvalue weighted by Gasteiger charge is -1.86. The summed E-state index contributed by atoms with van der Waals surface area (Å²) in [6.07, 6.45) is 3.44. The second-order valence-corrected chi connectivity index (χ2v) is 2.82. The van der Waals surface area contributed by atoms with Gasteiger partial charge >= 0.3 is 0 Å². The molecule has 0 aliphatic carbocycles. The molecule has 0 spiro atoms. The smallest absolute Gasteiger partial charge is 0.173 e. The van der Waals surface area contributed by atoms with Crippen LogP contribution in [-0.2, 0) is 0 Å². The molecule has 56 valence electrons. The Kier molecular flexibility index (Phi) is 1.54. The maximum absolute atomic E-state index is 5.25. The number of H-pyrrole nitrogens is 1. The van der Waals surface area contributed by atoms with Gasteiger partial charge in [-0.25, -0.2) is 4.98 Å². The predicted molar refractivity (Wildman–Crippen MR) is 44.0 cm³/mol. The van der Waals surface area contributed by atoms with Crippen molar-refractivity contribution in [3.63, 3.8) is 0 Å². The van der Waals surface area contributed by atoms with Crippen molar-refractivity contribution in [3.05, 3.63) is 29.2 Å². The SMILES string of the molecule is Brc1ccc(-c2ncc[nH]2)o1. The van der Waals surface area contributed by atoms with Gasteiger partial charge in [0.15, 0.2) is 16.3 Å². The van der Waals surface area contributed by atoms with E-state index in [9.17, 15) is 0 Å². The lowest BCUT2D eigenvalue weighted by molar-refractivity contribution is 0.552. The summed E-state index contributed by atoms with van der Waals surface area (Å²) in [7, 11) is 0. The molecule has 2 aromatic heterocycles. The molecule has 0 radical (unpaired) electrons. The summed E-state index contributed by atoms with van der Waals surface area (Å²) in [5.74, 6) is 1.48. The second kappa shape index (κ2) is 2.54. The molecule has 2 rings (SSSR count). The van der Waals surface area contributed by atoms with Gasteiger partial charge in [0.25, 0.3) is 0 Å². The van der Waals surface area contributed by atoms with Gasteiger partial charge in [-0.1, -0.05) is 0 Å². The number of imidazole rings is 1. The van der Waals surface area contributed by atoms with Gasteiger partial charge in [0.2, 0.25) is 0 Å². The first-order chi connectivity index (χ1) is 5.36. The molecule has 0 amide bonds. The Morgan fingerprint density at radius 2 is 2.36 bits per heavy atom. The highest BCUT2D eigenvalue weighted by Crippen LogP contribution is 2.21. The molecule has 0 fully saturated rings. The lowest BCUT2D eigenvalue weighted by Crippen LogP contribution is -1.73. The predicted octanol–water partition coefficient (Wildman–Crippen LogP) is 2.43.